The lowest BCUT2D eigenvalue weighted by Gasteiger charge is -2.05. The van der Waals surface area contributed by atoms with E-state index in [1.165, 1.54) is 11.1 Å². The molecule has 1 aromatic rings. The standard InChI is InChI=1S/C12H16O/c1-3-11-6-4-5-7-12(11)9-8-10(2)13/h4-7H,3,8-9H2,1-2H3. The van der Waals surface area contributed by atoms with Crippen molar-refractivity contribution < 1.29 is 4.79 Å². The molecule has 70 valence electrons. The number of carbonyl (C=O) groups excluding carboxylic acids is 1. The van der Waals surface area contributed by atoms with Crippen molar-refractivity contribution in [2.24, 2.45) is 0 Å². The molecule has 0 amide bonds. The highest BCUT2D eigenvalue weighted by Gasteiger charge is 2.00. The fraction of sp³-hybridized carbons (Fsp3) is 0.417. The summed E-state index contributed by atoms with van der Waals surface area (Å²) in [7, 11) is 0. The smallest absolute Gasteiger partial charge is 0.130 e. The second-order valence-electron chi connectivity index (χ2n) is 3.32. The third-order valence-corrected chi connectivity index (χ3v) is 2.25. The Morgan fingerprint density at radius 3 is 2.38 bits per heavy atom. The number of Topliss-reactive ketones (excluding diaryl/α,β-unsaturated/α-hetero) is 1. The molecular weight excluding hydrogens is 160 g/mol. The zero-order valence-electron chi connectivity index (χ0n) is 8.34. The van der Waals surface area contributed by atoms with Gasteiger partial charge in [0.2, 0.25) is 0 Å². The lowest BCUT2D eigenvalue weighted by Crippen LogP contribution is -1.97. The number of benzene rings is 1. The molecule has 0 bridgehead atoms. The fourth-order valence-electron chi connectivity index (χ4n) is 1.46. The third-order valence-electron chi connectivity index (χ3n) is 2.25. The van der Waals surface area contributed by atoms with Crippen LogP contribution in [0.25, 0.3) is 0 Å². The summed E-state index contributed by atoms with van der Waals surface area (Å²) in [5.74, 6) is 0.269. The first kappa shape index (κ1) is 9.97. The summed E-state index contributed by atoms with van der Waals surface area (Å²) in [5, 5.41) is 0. The van der Waals surface area contributed by atoms with E-state index in [0.717, 1.165) is 12.8 Å². The van der Waals surface area contributed by atoms with Gasteiger partial charge in [-0.2, -0.15) is 0 Å². The van der Waals surface area contributed by atoms with Crippen LogP contribution in [0.5, 0.6) is 0 Å². The second kappa shape index (κ2) is 4.80. The predicted molar refractivity (Wildman–Crippen MR) is 54.8 cm³/mol. The van der Waals surface area contributed by atoms with Crippen LogP contribution < -0.4 is 0 Å². The second-order valence-corrected chi connectivity index (χ2v) is 3.32. The summed E-state index contributed by atoms with van der Waals surface area (Å²) < 4.78 is 0. The van der Waals surface area contributed by atoms with Crippen LogP contribution in [0, 0.1) is 0 Å². The van der Waals surface area contributed by atoms with Crippen molar-refractivity contribution in [3.63, 3.8) is 0 Å². The van der Waals surface area contributed by atoms with E-state index in [-0.39, 0.29) is 5.78 Å². The van der Waals surface area contributed by atoms with Gasteiger partial charge in [-0.25, -0.2) is 0 Å². The molecule has 0 aliphatic carbocycles. The number of carbonyl (C=O) groups is 1. The molecule has 0 aliphatic rings. The molecule has 1 rings (SSSR count). The summed E-state index contributed by atoms with van der Waals surface area (Å²) in [6.45, 7) is 3.79. The van der Waals surface area contributed by atoms with Crippen molar-refractivity contribution in [3.8, 4) is 0 Å². The van der Waals surface area contributed by atoms with E-state index in [0.29, 0.717) is 6.42 Å². The molecule has 0 atom stereocenters. The van der Waals surface area contributed by atoms with Crippen molar-refractivity contribution >= 4 is 5.78 Å². The zero-order chi connectivity index (χ0) is 9.68. The van der Waals surface area contributed by atoms with Crippen LogP contribution in [-0.2, 0) is 17.6 Å². The van der Waals surface area contributed by atoms with Gasteiger partial charge >= 0.3 is 0 Å². The molecule has 1 heteroatoms. The highest BCUT2D eigenvalue weighted by atomic mass is 16.1. The van der Waals surface area contributed by atoms with Crippen LogP contribution >= 0.6 is 0 Å². The number of hydrogen-bond donors (Lipinski definition) is 0. The van der Waals surface area contributed by atoms with Gasteiger partial charge in [-0.3, -0.25) is 0 Å². The van der Waals surface area contributed by atoms with Crippen molar-refractivity contribution in [1.29, 1.82) is 0 Å². The molecule has 0 unspecified atom stereocenters. The van der Waals surface area contributed by atoms with Crippen LogP contribution in [0.1, 0.15) is 31.4 Å². The van der Waals surface area contributed by atoms with Gasteiger partial charge in [0.25, 0.3) is 0 Å². The lowest BCUT2D eigenvalue weighted by atomic mass is 10.0. The first-order valence-electron chi connectivity index (χ1n) is 4.80. The largest absolute Gasteiger partial charge is 0.300 e. The molecule has 1 aromatic carbocycles. The van der Waals surface area contributed by atoms with Gasteiger partial charge in [-0.05, 0) is 30.9 Å². The van der Waals surface area contributed by atoms with Crippen LogP contribution in [0.3, 0.4) is 0 Å². The minimum Gasteiger partial charge on any atom is -0.300 e. The van der Waals surface area contributed by atoms with E-state index in [1.807, 2.05) is 6.07 Å². The van der Waals surface area contributed by atoms with Gasteiger partial charge < -0.3 is 4.79 Å². The van der Waals surface area contributed by atoms with Gasteiger partial charge in [0.1, 0.15) is 5.78 Å². The summed E-state index contributed by atoms with van der Waals surface area (Å²) in [5.41, 5.74) is 2.68. The normalized spacial score (nSPS) is 10.0. The maximum absolute atomic E-state index is 10.8. The highest BCUT2D eigenvalue weighted by molar-refractivity contribution is 5.75. The molecule has 0 saturated heterocycles. The molecule has 0 saturated carbocycles. The Hall–Kier alpha value is -1.11. The molecule has 0 radical (unpaired) electrons. The number of ketones is 1. The van der Waals surface area contributed by atoms with E-state index in [2.05, 4.69) is 25.1 Å². The topological polar surface area (TPSA) is 17.1 Å². The first-order chi connectivity index (χ1) is 6.24. The van der Waals surface area contributed by atoms with Gasteiger partial charge in [0.05, 0.1) is 0 Å². The Balaban J connectivity index is 2.69. The third kappa shape index (κ3) is 3.02. The SMILES string of the molecule is CCc1ccccc1CCC(C)=O. The minimum atomic E-state index is 0.269. The van der Waals surface area contributed by atoms with Crippen LogP contribution in [0.2, 0.25) is 0 Å². The Bertz CT molecular complexity index is 289. The molecule has 1 nitrogen and oxygen atoms in total. The lowest BCUT2D eigenvalue weighted by molar-refractivity contribution is -0.116. The quantitative estimate of drug-likeness (QED) is 0.689. The zero-order valence-corrected chi connectivity index (χ0v) is 8.34. The van der Waals surface area contributed by atoms with Crippen LogP contribution in [-0.4, -0.2) is 5.78 Å². The molecule has 0 heterocycles. The van der Waals surface area contributed by atoms with Crippen LogP contribution in [0.15, 0.2) is 24.3 Å². The van der Waals surface area contributed by atoms with Gasteiger partial charge in [-0.1, -0.05) is 31.2 Å². The molecule has 0 N–H and O–H groups in total. The van der Waals surface area contributed by atoms with Crippen molar-refractivity contribution in [2.45, 2.75) is 33.1 Å². The van der Waals surface area contributed by atoms with E-state index < -0.39 is 0 Å². The van der Waals surface area contributed by atoms with E-state index in [1.54, 1.807) is 6.92 Å². The number of rotatable bonds is 4. The van der Waals surface area contributed by atoms with Crippen molar-refractivity contribution in [2.75, 3.05) is 0 Å². The number of hydrogen-bond acceptors (Lipinski definition) is 1. The average molecular weight is 176 g/mol. The van der Waals surface area contributed by atoms with Gasteiger partial charge in [-0.15, -0.1) is 0 Å². The minimum absolute atomic E-state index is 0.269. The Kier molecular flexibility index (Phi) is 3.69. The summed E-state index contributed by atoms with van der Waals surface area (Å²) in [6, 6.07) is 8.34. The first-order valence-corrected chi connectivity index (χ1v) is 4.80. The molecule has 0 spiro atoms. The van der Waals surface area contributed by atoms with Crippen molar-refractivity contribution in [1.82, 2.24) is 0 Å². The average Bonchev–Trinajstić information content (AvgIpc) is 2.15. The van der Waals surface area contributed by atoms with Gasteiger partial charge in [0.15, 0.2) is 0 Å². The Morgan fingerprint density at radius 1 is 1.23 bits per heavy atom. The van der Waals surface area contributed by atoms with E-state index in [4.69, 9.17) is 0 Å². The molecular formula is C12H16O. The summed E-state index contributed by atoms with van der Waals surface area (Å²) >= 11 is 0. The summed E-state index contributed by atoms with van der Waals surface area (Å²) in [6.07, 6.45) is 2.60. The van der Waals surface area contributed by atoms with E-state index in [9.17, 15) is 4.79 Å². The highest BCUT2D eigenvalue weighted by Crippen LogP contribution is 2.11. The Morgan fingerprint density at radius 2 is 1.85 bits per heavy atom. The molecule has 13 heavy (non-hydrogen) atoms. The van der Waals surface area contributed by atoms with Gasteiger partial charge in [0, 0.05) is 6.42 Å². The maximum Gasteiger partial charge on any atom is 0.130 e. The monoisotopic (exact) mass is 176 g/mol. The maximum atomic E-state index is 10.8. The predicted octanol–water partition coefficient (Wildman–Crippen LogP) is 2.77. The molecule has 0 aromatic heterocycles. The van der Waals surface area contributed by atoms with Crippen LogP contribution in [0.4, 0.5) is 0 Å². The Labute approximate surface area is 79.8 Å². The molecule has 0 fully saturated rings. The van der Waals surface area contributed by atoms with Crippen molar-refractivity contribution in [3.05, 3.63) is 35.4 Å². The van der Waals surface area contributed by atoms with E-state index >= 15 is 0 Å². The number of aryl methyl sites for hydroxylation is 2. The summed E-state index contributed by atoms with van der Waals surface area (Å²) in [4.78, 5) is 10.8. The molecule has 0 aliphatic heterocycles. The fourth-order valence-corrected chi connectivity index (χ4v) is 1.46.